The van der Waals surface area contributed by atoms with Crippen molar-refractivity contribution < 1.29 is 9.18 Å². The number of nitrogens with one attached hydrogen (secondary N) is 1. The van der Waals surface area contributed by atoms with Crippen LogP contribution in [-0.2, 0) is 11.3 Å². The molecule has 4 rings (SSSR count). The molecule has 2 aromatic carbocycles. The third-order valence-corrected chi connectivity index (χ3v) is 4.89. The van der Waals surface area contributed by atoms with Crippen LogP contribution in [0.4, 0.5) is 10.1 Å². The Balaban J connectivity index is 1.51. The molecule has 1 atom stereocenters. The van der Waals surface area contributed by atoms with E-state index >= 15 is 0 Å². The number of halogens is 1. The minimum Gasteiger partial charge on any atom is -0.373 e. The molecule has 0 bridgehead atoms. The molecule has 1 amide bonds. The molecule has 2 heterocycles. The summed E-state index contributed by atoms with van der Waals surface area (Å²) in [6, 6.07) is 14.0. The van der Waals surface area contributed by atoms with E-state index in [-0.39, 0.29) is 17.8 Å². The van der Waals surface area contributed by atoms with Gasteiger partial charge in [-0.2, -0.15) is 0 Å². The molecule has 1 fully saturated rings. The van der Waals surface area contributed by atoms with Crippen molar-refractivity contribution in [2.24, 2.45) is 0 Å². The normalized spacial score (nSPS) is 17.1. The van der Waals surface area contributed by atoms with Crippen molar-refractivity contribution >= 4 is 22.5 Å². The largest absolute Gasteiger partial charge is 0.373 e. The molecule has 0 saturated carbocycles. The molecule has 1 aliphatic heterocycles. The molecule has 1 unspecified atom stereocenters. The highest BCUT2D eigenvalue weighted by Crippen LogP contribution is 2.26. The predicted octanol–water partition coefficient (Wildman–Crippen LogP) is 3.90. The van der Waals surface area contributed by atoms with Crippen LogP contribution in [0.1, 0.15) is 17.5 Å². The Hall–Kier alpha value is -2.95. The van der Waals surface area contributed by atoms with Crippen LogP contribution in [0.15, 0.2) is 54.7 Å². The van der Waals surface area contributed by atoms with Gasteiger partial charge in [0.05, 0.1) is 5.52 Å². The number of amides is 1. The Morgan fingerprint density at radius 1 is 1.19 bits per heavy atom. The summed E-state index contributed by atoms with van der Waals surface area (Å²) in [6.07, 6.45) is 2.52. The van der Waals surface area contributed by atoms with Crippen LogP contribution in [0.5, 0.6) is 0 Å². The summed E-state index contributed by atoms with van der Waals surface area (Å²) in [7, 11) is 0. The van der Waals surface area contributed by atoms with Crippen LogP contribution in [-0.4, -0.2) is 28.4 Å². The van der Waals surface area contributed by atoms with Gasteiger partial charge in [-0.1, -0.05) is 30.3 Å². The van der Waals surface area contributed by atoms with Gasteiger partial charge in [0.1, 0.15) is 11.9 Å². The van der Waals surface area contributed by atoms with Gasteiger partial charge >= 0.3 is 0 Å². The molecule has 26 heavy (non-hydrogen) atoms. The summed E-state index contributed by atoms with van der Waals surface area (Å²) in [5, 5.41) is 4.42. The van der Waals surface area contributed by atoms with Gasteiger partial charge in [-0.25, -0.2) is 4.39 Å². The van der Waals surface area contributed by atoms with Crippen LogP contribution < -0.4 is 5.32 Å². The first kappa shape index (κ1) is 16.5. The molecule has 1 aromatic heterocycles. The summed E-state index contributed by atoms with van der Waals surface area (Å²) in [6.45, 7) is 3.23. The van der Waals surface area contributed by atoms with Crippen molar-refractivity contribution in [2.45, 2.75) is 25.9 Å². The summed E-state index contributed by atoms with van der Waals surface area (Å²) in [5.74, 6) is -0.187. The first-order chi connectivity index (χ1) is 12.6. The molecule has 1 N–H and O–H groups in total. The Labute approximate surface area is 151 Å². The van der Waals surface area contributed by atoms with Crippen LogP contribution in [0.2, 0.25) is 0 Å². The van der Waals surface area contributed by atoms with Gasteiger partial charge in [-0.15, -0.1) is 0 Å². The molecule has 4 nitrogen and oxygen atoms in total. The van der Waals surface area contributed by atoms with E-state index < -0.39 is 0 Å². The smallest absolute Gasteiger partial charge is 0.245 e. The fourth-order valence-corrected chi connectivity index (χ4v) is 3.48. The molecular formula is C21H20FN3O. The van der Waals surface area contributed by atoms with Crippen LogP contribution in [0.3, 0.4) is 0 Å². The van der Waals surface area contributed by atoms with E-state index in [4.69, 9.17) is 0 Å². The van der Waals surface area contributed by atoms with Crippen LogP contribution >= 0.6 is 0 Å². The average Bonchev–Trinajstić information content (AvgIpc) is 2.98. The number of carbonyl (C=O) groups excluding carboxylic acids is 1. The highest BCUT2D eigenvalue weighted by atomic mass is 19.1. The third kappa shape index (κ3) is 3.12. The third-order valence-electron chi connectivity index (χ3n) is 4.89. The van der Waals surface area contributed by atoms with Gasteiger partial charge in [0.15, 0.2) is 0 Å². The Morgan fingerprint density at radius 2 is 2.00 bits per heavy atom. The number of aryl methyl sites for hydroxylation is 1. The highest BCUT2D eigenvalue weighted by molar-refractivity contribution is 5.95. The molecular weight excluding hydrogens is 329 g/mol. The lowest BCUT2D eigenvalue weighted by Crippen LogP contribution is -2.33. The summed E-state index contributed by atoms with van der Waals surface area (Å²) < 4.78 is 13.0. The molecule has 1 aliphatic rings. The summed E-state index contributed by atoms with van der Waals surface area (Å²) >= 11 is 0. The fourth-order valence-electron chi connectivity index (χ4n) is 3.48. The zero-order valence-corrected chi connectivity index (χ0v) is 14.6. The van der Waals surface area contributed by atoms with Gasteiger partial charge in [-0.3, -0.25) is 9.78 Å². The quantitative estimate of drug-likeness (QED) is 0.777. The first-order valence-corrected chi connectivity index (χ1v) is 8.76. The molecule has 0 spiro atoms. The maximum Gasteiger partial charge on any atom is 0.245 e. The van der Waals surface area contributed by atoms with Crippen molar-refractivity contribution in [3.63, 3.8) is 0 Å². The first-order valence-electron chi connectivity index (χ1n) is 8.76. The number of rotatable bonds is 4. The number of aromatic nitrogens is 1. The number of benzene rings is 2. The topological polar surface area (TPSA) is 45.2 Å². The number of pyridine rings is 1. The number of likely N-dealkylation sites (tertiary alicyclic amines) is 1. The van der Waals surface area contributed by atoms with Crippen molar-refractivity contribution in [3.8, 4) is 0 Å². The number of hydrogen-bond donors (Lipinski definition) is 1. The minimum absolute atomic E-state index is 0.0759. The zero-order valence-electron chi connectivity index (χ0n) is 14.6. The van der Waals surface area contributed by atoms with Gasteiger partial charge in [0.25, 0.3) is 0 Å². The SMILES string of the molecule is Cc1cccc2c(NC3CCN(Cc4ccc(F)cc4)C3=O)ccnc12. The van der Waals surface area contributed by atoms with E-state index in [0.717, 1.165) is 34.1 Å². The minimum atomic E-state index is -0.263. The molecule has 3 aromatic rings. The molecule has 132 valence electrons. The highest BCUT2D eigenvalue weighted by Gasteiger charge is 2.31. The lowest BCUT2D eigenvalue weighted by Gasteiger charge is -2.18. The number of anilines is 1. The van der Waals surface area contributed by atoms with E-state index in [1.165, 1.54) is 12.1 Å². The van der Waals surface area contributed by atoms with E-state index in [1.807, 2.05) is 36.1 Å². The van der Waals surface area contributed by atoms with E-state index in [9.17, 15) is 9.18 Å². The number of nitrogens with zero attached hydrogens (tertiary/aromatic N) is 2. The molecule has 0 aliphatic carbocycles. The average molecular weight is 349 g/mol. The van der Waals surface area contributed by atoms with Crippen LogP contribution in [0, 0.1) is 12.7 Å². The van der Waals surface area contributed by atoms with Crippen molar-refractivity contribution in [2.75, 3.05) is 11.9 Å². The Morgan fingerprint density at radius 3 is 2.81 bits per heavy atom. The number of hydrogen-bond acceptors (Lipinski definition) is 3. The van der Waals surface area contributed by atoms with Crippen molar-refractivity contribution in [1.82, 2.24) is 9.88 Å². The second-order valence-corrected chi connectivity index (χ2v) is 6.70. The number of carbonyl (C=O) groups is 1. The standard InChI is InChI=1S/C21H20FN3O/c1-14-3-2-4-17-18(9-11-23-20(14)17)24-19-10-12-25(21(19)26)13-15-5-7-16(22)8-6-15/h2-9,11,19H,10,12-13H2,1H3,(H,23,24). The molecule has 1 saturated heterocycles. The zero-order chi connectivity index (χ0) is 18.1. The second-order valence-electron chi connectivity index (χ2n) is 6.70. The van der Waals surface area contributed by atoms with E-state index in [0.29, 0.717) is 13.1 Å². The lowest BCUT2D eigenvalue weighted by molar-refractivity contribution is -0.128. The maximum atomic E-state index is 13.0. The lowest BCUT2D eigenvalue weighted by atomic mass is 10.1. The summed E-state index contributed by atoms with van der Waals surface area (Å²) in [5.41, 5.74) is 3.93. The Bertz CT molecular complexity index is 955. The van der Waals surface area contributed by atoms with Crippen molar-refractivity contribution in [1.29, 1.82) is 0 Å². The Kier molecular flexibility index (Phi) is 4.29. The van der Waals surface area contributed by atoms with Gasteiger partial charge in [0, 0.05) is 30.4 Å². The molecule has 5 heteroatoms. The van der Waals surface area contributed by atoms with Crippen molar-refractivity contribution in [3.05, 3.63) is 71.7 Å². The summed E-state index contributed by atoms with van der Waals surface area (Å²) in [4.78, 5) is 19.0. The van der Waals surface area contributed by atoms with Gasteiger partial charge in [0.2, 0.25) is 5.91 Å². The number of fused-ring (bicyclic) bond motifs is 1. The fraction of sp³-hybridized carbons (Fsp3) is 0.238. The van der Waals surface area contributed by atoms with E-state index in [1.54, 1.807) is 18.3 Å². The van der Waals surface area contributed by atoms with Crippen LogP contribution in [0.25, 0.3) is 10.9 Å². The number of para-hydroxylation sites is 1. The predicted molar refractivity (Wildman–Crippen MR) is 100 cm³/mol. The van der Waals surface area contributed by atoms with Gasteiger partial charge in [-0.05, 0) is 42.7 Å². The van der Waals surface area contributed by atoms with Gasteiger partial charge < -0.3 is 10.2 Å². The monoisotopic (exact) mass is 349 g/mol. The van der Waals surface area contributed by atoms with E-state index in [2.05, 4.69) is 10.3 Å². The molecule has 0 radical (unpaired) electrons. The second kappa shape index (κ2) is 6.75. The maximum absolute atomic E-state index is 13.0.